The third kappa shape index (κ3) is 5.44. The SMILES string of the molecule is COc1ccc(S(=O)(=O)/N=C/N(C)C)cc1CN1CC(C)CC(C)C1. The van der Waals surface area contributed by atoms with E-state index in [0.717, 1.165) is 18.7 Å². The second-order valence-electron chi connectivity index (χ2n) is 7.27. The molecule has 1 heterocycles. The average molecular weight is 368 g/mol. The highest BCUT2D eigenvalue weighted by Crippen LogP contribution is 2.28. The maximum atomic E-state index is 12.4. The summed E-state index contributed by atoms with van der Waals surface area (Å²) in [6.07, 6.45) is 2.54. The third-order valence-corrected chi connectivity index (χ3v) is 5.53. The van der Waals surface area contributed by atoms with Crippen LogP contribution in [0.4, 0.5) is 0 Å². The predicted octanol–water partition coefficient (Wildman–Crippen LogP) is 2.45. The van der Waals surface area contributed by atoms with E-state index in [1.807, 2.05) is 0 Å². The Hall–Kier alpha value is -1.60. The van der Waals surface area contributed by atoms with Gasteiger partial charge in [-0.1, -0.05) is 13.8 Å². The van der Waals surface area contributed by atoms with Gasteiger partial charge < -0.3 is 9.64 Å². The van der Waals surface area contributed by atoms with Crippen LogP contribution in [0, 0.1) is 11.8 Å². The van der Waals surface area contributed by atoms with E-state index in [9.17, 15) is 8.42 Å². The van der Waals surface area contributed by atoms with Crippen LogP contribution in [-0.2, 0) is 16.6 Å². The molecule has 0 amide bonds. The predicted molar refractivity (Wildman–Crippen MR) is 101 cm³/mol. The first-order valence-corrected chi connectivity index (χ1v) is 10.0. The molecule has 25 heavy (non-hydrogen) atoms. The topological polar surface area (TPSA) is 62.2 Å². The van der Waals surface area contributed by atoms with E-state index in [-0.39, 0.29) is 4.90 Å². The molecule has 0 bridgehead atoms. The van der Waals surface area contributed by atoms with Crippen molar-refractivity contribution in [1.82, 2.24) is 9.80 Å². The summed E-state index contributed by atoms with van der Waals surface area (Å²) in [7, 11) is 1.36. The summed E-state index contributed by atoms with van der Waals surface area (Å²) in [5, 5.41) is 0. The van der Waals surface area contributed by atoms with E-state index in [0.29, 0.717) is 24.1 Å². The highest BCUT2D eigenvalue weighted by atomic mass is 32.2. The molecule has 2 atom stereocenters. The minimum absolute atomic E-state index is 0.194. The lowest BCUT2D eigenvalue weighted by Gasteiger charge is -2.35. The smallest absolute Gasteiger partial charge is 0.283 e. The zero-order valence-corrected chi connectivity index (χ0v) is 16.6. The first kappa shape index (κ1) is 19.7. The van der Waals surface area contributed by atoms with Crippen LogP contribution < -0.4 is 4.74 Å². The average Bonchev–Trinajstić information content (AvgIpc) is 2.52. The zero-order valence-electron chi connectivity index (χ0n) is 15.8. The minimum atomic E-state index is -3.71. The van der Waals surface area contributed by atoms with Gasteiger partial charge in [0.05, 0.1) is 12.0 Å². The molecule has 0 aliphatic carbocycles. The van der Waals surface area contributed by atoms with E-state index in [4.69, 9.17) is 4.74 Å². The largest absolute Gasteiger partial charge is 0.496 e. The number of hydrogen-bond acceptors (Lipinski definition) is 4. The molecule has 6 nitrogen and oxygen atoms in total. The lowest BCUT2D eigenvalue weighted by Crippen LogP contribution is -2.38. The summed E-state index contributed by atoms with van der Waals surface area (Å²) in [5.74, 6) is 2.00. The molecule has 1 aromatic rings. The van der Waals surface area contributed by atoms with Crippen molar-refractivity contribution >= 4 is 16.4 Å². The molecule has 0 radical (unpaired) electrons. The Balaban J connectivity index is 2.28. The molecule has 1 saturated heterocycles. The number of hydrogen-bond donors (Lipinski definition) is 0. The quantitative estimate of drug-likeness (QED) is 0.571. The normalized spacial score (nSPS) is 22.3. The van der Waals surface area contributed by atoms with Crippen molar-refractivity contribution in [3.63, 3.8) is 0 Å². The zero-order chi connectivity index (χ0) is 18.6. The molecule has 1 aliphatic heterocycles. The van der Waals surface area contributed by atoms with Crippen LogP contribution >= 0.6 is 0 Å². The van der Waals surface area contributed by atoms with Gasteiger partial charge in [-0.2, -0.15) is 8.42 Å². The number of methoxy groups -OCH3 is 1. The van der Waals surface area contributed by atoms with Gasteiger partial charge in [0.1, 0.15) is 12.1 Å². The van der Waals surface area contributed by atoms with Crippen LogP contribution in [0.25, 0.3) is 0 Å². The lowest BCUT2D eigenvalue weighted by atomic mass is 9.91. The van der Waals surface area contributed by atoms with Crippen molar-refractivity contribution in [3.05, 3.63) is 23.8 Å². The van der Waals surface area contributed by atoms with Gasteiger partial charge in [0.2, 0.25) is 0 Å². The molecule has 2 rings (SSSR count). The summed E-state index contributed by atoms with van der Waals surface area (Å²) < 4.78 is 34.0. The fourth-order valence-corrected chi connectivity index (χ4v) is 4.38. The van der Waals surface area contributed by atoms with Gasteiger partial charge in [-0.05, 0) is 36.5 Å². The summed E-state index contributed by atoms with van der Waals surface area (Å²) in [4.78, 5) is 4.16. The number of rotatable bonds is 6. The lowest BCUT2D eigenvalue weighted by molar-refractivity contribution is 0.133. The van der Waals surface area contributed by atoms with Crippen LogP contribution in [0.5, 0.6) is 5.75 Å². The molecular formula is C18H29N3O3S. The number of piperidine rings is 1. The Morgan fingerprint density at radius 2 is 1.92 bits per heavy atom. The Labute approximate surface area is 151 Å². The number of ether oxygens (including phenoxy) is 1. The van der Waals surface area contributed by atoms with Crippen molar-refractivity contribution in [3.8, 4) is 5.75 Å². The van der Waals surface area contributed by atoms with Gasteiger partial charge in [-0.3, -0.25) is 4.90 Å². The van der Waals surface area contributed by atoms with Gasteiger partial charge in [-0.25, -0.2) is 0 Å². The van der Waals surface area contributed by atoms with Gasteiger partial charge in [-0.15, -0.1) is 4.40 Å². The van der Waals surface area contributed by atoms with Crippen LogP contribution in [0.1, 0.15) is 25.8 Å². The van der Waals surface area contributed by atoms with Crippen molar-refractivity contribution in [2.45, 2.75) is 31.7 Å². The first-order valence-electron chi connectivity index (χ1n) is 8.57. The number of benzene rings is 1. The monoisotopic (exact) mass is 367 g/mol. The second-order valence-corrected chi connectivity index (χ2v) is 8.91. The van der Waals surface area contributed by atoms with E-state index >= 15 is 0 Å². The van der Waals surface area contributed by atoms with E-state index in [1.54, 1.807) is 44.3 Å². The maximum Gasteiger partial charge on any atom is 0.283 e. The molecule has 0 N–H and O–H groups in total. The van der Waals surface area contributed by atoms with Gasteiger partial charge in [0.15, 0.2) is 0 Å². The molecule has 2 unspecified atom stereocenters. The molecular weight excluding hydrogens is 338 g/mol. The molecule has 0 spiro atoms. The Morgan fingerprint density at radius 1 is 1.28 bits per heavy atom. The van der Waals surface area contributed by atoms with Crippen LogP contribution in [0.3, 0.4) is 0 Å². The fraction of sp³-hybridized carbons (Fsp3) is 0.611. The summed E-state index contributed by atoms with van der Waals surface area (Å²) in [6.45, 7) is 7.23. The standard InChI is InChI=1S/C18H29N3O3S/c1-14-8-15(2)11-21(10-14)12-16-9-17(6-7-18(16)24-5)25(22,23)19-13-20(3)4/h6-7,9,13-15H,8,10-12H2,1-5H3/b19-13+. The van der Waals surface area contributed by atoms with E-state index < -0.39 is 10.0 Å². The van der Waals surface area contributed by atoms with Crippen molar-refractivity contribution in [1.29, 1.82) is 0 Å². The minimum Gasteiger partial charge on any atom is -0.496 e. The molecule has 1 fully saturated rings. The van der Waals surface area contributed by atoms with E-state index in [2.05, 4.69) is 23.1 Å². The fourth-order valence-electron chi connectivity index (χ4n) is 3.42. The Bertz CT molecular complexity index is 706. The summed E-state index contributed by atoms with van der Waals surface area (Å²) in [6, 6.07) is 4.95. The van der Waals surface area contributed by atoms with Crippen molar-refractivity contribution in [2.75, 3.05) is 34.3 Å². The highest BCUT2D eigenvalue weighted by Gasteiger charge is 2.23. The maximum absolute atomic E-state index is 12.4. The molecule has 7 heteroatoms. The molecule has 1 aliphatic rings. The Kier molecular flexibility index (Phi) is 6.46. The molecule has 140 valence electrons. The van der Waals surface area contributed by atoms with Gasteiger partial charge >= 0.3 is 0 Å². The van der Waals surface area contributed by atoms with Gasteiger partial charge in [0.25, 0.3) is 10.0 Å². The number of sulfonamides is 1. The second kappa shape index (κ2) is 8.19. The number of likely N-dealkylation sites (tertiary alicyclic amines) is 1. The summed E-state index contributed by atoms with van der Waals surface area (Å²) >= 11 is 0. The Morgan fingerprint density at radius 3 is 2.48 bits per heavy atom. The molecule has 0 aromatic heterocycles. The van der Waals surface area contributed by atoms with Crippen LogP contribution in [0.2, 0.25) is 0 Å². The third-order valence-electron chi connectivity index (χ3n) is 4.31. The van der Waals surface area contributed by atoms with Crippen molar-refractivity contribution in [2.24, 2.45) is 16.2 Å². The molecule has 1 aromatic carbocycles. The first-order chi connectivity index (χ1) is 11.7. The van der Waals surface area contributed by atoms with Gasteiger partial charge in [0, 0.05) is 39.3 Å². The van der Waals surface area contributed by atoms with Crippen molar-refractivity contribution < 1.29 is 13.2 Å². The summed E-state index contributed by atoms with van der Waals surface area (Å²) in [5.41, 5.74) is 0.880. The van der Waals surface area contributed by atoms with Crippen LogP contribution in [-0.4, -0.2) is 58.9 Å². The number of nitrogens with zero attached hydrogens (tertiary/aromatic N) is 3. The van der Waals surface area contributed by atoms with Crippen LogP contribution in [0.15, 0.2) is 27.5 Å². The van der Waals surface area contributed by atoms with E-state index in [1.165, 1.54) is 12.8 Å². The molecule has 0 saturated carbocycles. The highest BCUT2D eigenvalue weighted by molar-refractivity contribution is 7.90.